The number of fused-ring (bicyclic) bond motifs is 1. The molecule has 1 unspecified atom stereocenters. The average molecular weight is 338 g/mol. The summed E-state index contributed by atoms with van der Waals surface area (Å²) in [6.45, 7) is 0. The lowest BCUT2D eigenvalue weighted by atomic mass is 9.93. The molecule has 1 aliphatic rings. The molecule has 2 aromatic rings. The topological polar surface area (TPSA) is 54.3 Å². The molecule has 0 saturated carbocycles. The minimum absolute atomic E-state index is 0.118. The smallest absolute Gasteiger partial charge is 0.319 e. The summed E-state index contributed by atoms with van der Waals surface area (Å²) in [5.74, 6) is -1.64. The van der Waals surface area contributed by atoms with Crippen molar-refractivity contribution in [1.29, 1.82) is 0 Å². The Bertz CT molecular complexity index is 690. The van der Waals surface area contributed by atoms with Crippen molar-refractivity contribution >= 4 is 23.5 Å². The predicted molar refractivity (Wildman–Crippen MR) is 84.8 cm³/mol. The lowest BCUT2D eigenvalue weighted by molar-refractivity contribution is 0.246. The van der Waals surface area contributed by atoms with E-state index in [-0.39, 0.29) is 6.04 Å². The van der Waals surface area contributed by atoms with Crippen LogP contribution in [0.15, 0.2) is 45.9 Å². The molecule has 0 saturated heterocycles. The van der Waals surface area contributed by atoms with Crippen LogP contribution in [-0.4, -0.2) is 11.8 Å². The Balaban J connectivity index is 1.67. The average Bonchev–Trinajstić information content (AvgIpc) is 2.98. The molecule has 1 aliphatic carbocycles. The summed E-state index contributed by atoms with van der Waals surface area (Å²) in [7, 11) is 0. The Morgan fingerprint density at radius 2 is 2.13 bits per heavy atom. The Labute approximate surface area is 136 Å². The Morgan fingerprint density at radius 3 is 2.96 bits per heavy atom. The molecule has 4 nitrogen and oxygen atoms in total. The first kappa shape index (κ1) is 15.9. The molecule has 0 radical (unpaired) electrons. The number of halogens is 2. The minimum Gasteiger partial charge on any atom is -0.469 e. The summed E-state index contributed by atoms with van der Waals surface area (Å²) in [5, 5.41) is 5.53. The second-order valence-electron chi connectivity index (χ2n) is 5.22. The molecule has 1 aromatic carbocycles. The Morgan fingerprint density at radius 1 is 1.30 bits per heavy atom. The first-order valence-electron chi connectivity index (χ1n) is 7.31. The van der Waals surface area contributed by atoms with Gasteiger partial charge in [0.2, 0.25) is 0 Å². The van der Waals surface area contributed by atoms with Crippen LogP contribution in [0.5, 0.6) is 0 Å². The van der Waals surface area contributed by atoms with E-state index in [0.717, 1.165) is 30.6 Å². The highest BCUT2D eigenvalue weighted by atomic mass is 32.2. The molecule has 1 atom stereocenters. The first-order valence-corrected chi connectivity index (χ1v) is 8.19. The molecular formula is C16H16F2N2O2S. The number of anilines is 1. The fraction of sp³-hybridized carbons (Fsp3) is 0.312. The monoisotopic (exact) mass is 338 g/mol. The van der Waals surface area contributed by atoms with Gasteiger partial charge < -0.3 is 15.1 Å². The molecule has 7 heteroatoms. The molecule has 0 bridgehead atoms. The number of para-hydroxylation sites is 1. The summed E-state index contributed by atoms with van der Waals surface area (Å²) < 4.78 is 30.5. The van der Waals surface area contributed by atoms with Crippen molar-refractivity contribution in [1.82, 2.24) is 5.32 Å². The van der Waals surface area contributed by atoms with E-state index in [1.165, 1.54) is 0 Å². The number of alkyl halides is 2. The third-order valence-electron chi connectivity index (χ3n) is 3.71. The third-order valence-corrected chi connectivity index (χ3v) is 4.50. The molecule has 2 N–H and O–H groups in total. The van der Waals surface area contributed by atoms with Gasteiger partial charge >= 0.3 is 6.03 Å². The van der Waals surface area contributed by atoms with Crippen LogP contribution in [0.25, 0.3) is 0 Å². The SMILES string of the molecule is O=C(Nc1ccccc1SC(F)F)NC1CCCc2occc21. The number of carbonyl (C=O) groups is 1. The highest BCUT2D eigenvalue weighted by Crippen LogP contribution is 2.33. The Hall–Kier alpha value is -2.02. The molecule has 3 rings (SSSR count). The van der Waals surface area contributed by atoms with Gasteiger partial charge in [0, 0.05) is 16.9 Å². The van der Waals surface area contributed by atoms with Crippen LogP contribution in [0.2, 0.25) is 0 Å². The summed E-state index contributed by atoms with van der Waals surface area (Å²) in [4.78, 5) is 12.5. The standard InChI is InChI=1S/C16H16F2N2O2S/c17-15(18)23-14-7-2-1-4-12(14)20-16(21)19-11-5-3-6-13-10(11)8-9-22-13/h1-2,4,7-9,11,15H,3,5-6H2,(H2,19,20,21). The number of thioether (sulfide) groups is 1. The zero-order valence-corrected chi connectivity index (χ0v) is 13.0. The van der Waals surface area contributed by atoms with Crippen molar-refractivity contribution in [3.05, 3.63) is 47.9 Å². The van der Waals surface area contributed by atoms with Crippen LogP contribution in [0.3, 0.4) is 0 Å². The minimum atomic E-state index is -2.53. The van der Waals surface area contributed by atoms with Gasteiger partial charge in [-0.3, -0.25) is 0 Å². The van der Waals surface area contributed by atoms with Gasteiger partial charge in [0.15, 0.2) is 0 Å². The van der Waals surface area contributed by atoms with E-state index in [1.54, 1.807) is 30.5 Å². The number of hydrogen-bond acceptors (Lipinski definition) is 3. The maximum Gasteiger partial charge on any atom is 0.319 e. The van der Waals surface area contributed by atoms with Crippen LogP contribution in [-0.2, 0) is 6.42 Å². The number of urea groups is 1. The molecule has 0 spiro atoms. The molecule has 122 valence electrons. The number of hydrogen-bond donors (Lipinski definition) is 2. The largest absolute Gasteiger partial charge is 0.469 e. The Kier molecular flexibility index (Phi) is 4.85. The van der Waals surface area contributed by atoms with E-state index >= 15 is 0 Å². The number of nitrogens with one attached hydrogen (secondary N) is 2. The molecule has 23 heavy (non-hydrogen) atoms. The number of furan rings is 1. The van der Waals surface area contributed by atoms with Gasteiger partial charge in [-0.2, -0.15) is 8.78 Å². The molecule has 2 amide bonds. The van der Waals surface area contributed by atoms with Crippen LogP contribution in [0, 0.1) is 0 Å². The fourth-order valence-electron chi connectivity index (χ4n) is 2.72. The van der Waals surface area contributed by atoms with Crippen LogP contribution < -0.4 is 10.6 Å². The highest BCUT2D eigenvalue weighted by Gasteiger charge is 2.24. The predicted octanol–water partition coefficient (Wildman–Crippen LogP) is 4.79. The van der Waals surface area contributed by atoms with E-state index in [1.807, 2.05) is 6.07 Å². The van der Waals surface area contributed by atoms with E-state index in [0.29, 0.717) is 22.3 Å². The summed E-state index contributed by atoms with van der Waals surface area (Å²) in [6.07, 6.45) is 4.25. The van der Waals surface area contributed by atoms with Crippen molar-refractivity contribution in [2.75, 3.05) is 5.32 Å². The summed E-state index contributed by atoms with van der Waals surface area (Å²) in [6, 6.07) is 7.85. The summed E-state index contributed by atoms with van der Waals surface area (Å²) in [5.41, 5.74) is 1.36. The lowest BCUT2D eigenvalue weighted by Crippen LogP contribution is -2.34. The van der Waals surface area contributed by atoms with Crippen molar-refractivity contribution in [2.24, 2.45) is 0 Å². The second-order valence-corrected chi connectivity index (χ2v) is 6.25. The zero-order valence-electron chi connectivity index (χ0n) is 12.2. The molecule has 0 fully saturated rings. The van der Waals surface area contributed by atoms with Gasteiger partial charge in [0.05, 0.1) is 18.0 Å². The number of aryl methyl sites for hydroxylation is 1. The normalized spacial score (nSPS) is 16.9. The van der Waals surface area contributed by atoms with Crippen molar-refractivity contribution in [2.45, 2.75) is 36.0 Å². The molecule has 1 heterocycles. The second kappa shape index (κ2) is 7.04. The molecular weight excluding hydrogens is 322 g/mol. The van der Waals surface area contributed by atoms with E-state index < -0.39 is 11.8 Å². The third kappa shape index (κ3) is 3.85. The molecule has 1 aromatic heterocycles. The lowest BCUT2D eigenvalue weighted by Gasteiger charge is -2.23. The highest BCUT2D eigenvalue weighted by molar-refractivity contribution is 7.99. The molecule has 0 aliphatic heterocycles. The van der Waals surface area contributed by atoms with Gasteiger partial charge in [-0.15, -0.1) is 0 Å². The van der Waals surface area contributed by atoms with Crippen molar-refractivity contribution < 1.29 is 18.0 Å². The van der Waals surface area contributed by atoms with Gasteiger partial charge in [-0.25, -0.2) is 4.79 Å². The van der Waals surface area contributed by atoms with Crippen LogP contribution >= 0.6 is 11.8 Å². The van der Waals surface area contributed by atoms with Gasteiger partial charge in [-0.1, -0.05) is 23.9 Å². The van der Waals surface area contributed by atoms with E-state index in [2.05, 4.69) is 10.6 Å². The zero-order chi connectivity index (χ0) is 16.2. The maximum atomic E-state index is 12.6. The van der Waals surface area contributed by atoms with E-state index in [4.69, 9.17) is 4.42 Å². The fourth-order valence-corrected chi connectivity index (χ4v) is 3.32. The number of rotatable bonds is 4. The van der Waals surface area contributed by atoms with Crippen LogP contribution in [0.4, 0.5) is 19.3 Å². The van der Waals surface area contributed by atoms with Gasteiger partial charge in [0.1, 0.15) is 5.76 Å². The van der Waals surface area contributed by atoms with Gasteiger partial charge in [0.25, 0.3) is 5.76 Å². The maximum absolute atomic E-state index is 12.6. The quantitative estimate of drug-likeness (QED) is 0.788. The first-order chi connectivity index (χ1) is 11.1. The summed E-state index contributed by atoms with van der Waals surface area (Å²) >= 11 is 0.412. The van der Waals surface area contributed by atoms with Crippen molar-refractivity contribution in [3.8, 4) is 0 Å². The van der Waals surface area contributed by atoms with Crippen molar-refractivity contribution in [3.63, 3.8) is 0 Å². The number of amides is 2. The van der Waals surface area contributed by atoms with Crippen LogP contribution in [0.1, 0.15) is 30.2 Å². The van der Waals surface area contributed by atoms with E-state index in [9.17, 15) is 13.6 Å². The number of carbonyl (C=O) groups excluding carboxylic acids is 1. The number of benzene rings is 1. The van der Waals surface area contributed by atoms with Gasteiger partial charge in [-0.05, 0) is 31.0 Å².